The van der Waals surface area contributed by atoms with Gasteiger partial charge in [0.05, 0.1) is 6.54 Å². The lowest BCUT2D eigenvalue weighted by atomic mass is 10.1. The summed E-state index contributed by atoms with van der Waals surface area (Å²) in [6, 6.07) is 12.2. The predicted molar refractivity (Wildman–Crippen MR) is 98.8 cm³/mol. The van der Waals surface area contributed by atoms with E-state index in [-0.39, 0.29) is 0 Å². The molecule has 24 heavy (non-hydrogen) atoms. The van der Waals surface area contributed by atoms with Gasteiger partial charge in [-0.3, -0.25) is 0 Å². The summed E-state index contributed by atoms with van der Waals surface area (Å²) in [5.74, 6) is 3.18. The van der Waals surface area contributed by atoms with E-state index in [4.69, 9.17) is 0 Å². The fraction of sp³-hybridized carbons (Fsp3) is 0.444. The van der Waals surface area contributed by atoms with E-state index in [1.165, 1.54) is 5.56 Å². The van der Waals surface area contributed by atoms with Gasteiger partial charge < -0.3 is 5.32 Å². The first-order valence-corrected chi connectivity index (χ1v) is 10.4. The zero-order valence-corrected chi connectivity index (χ0v) is 14.7. The van der Waals surface area contributed by atoms with Crippen LogP contribution in [0, 0.1) is 0 Å². The van der Waals surface area contributed by atoms with E-state index in [0.29, 0.717) is 13.1 Å². The number of anilines is 1. The first kappa shape index (κ1) is 16.9. The Balaban J connectivity index is 1.49. The van der Waals surface area contributed by atoms with Crippen molar-refractivity contribution in [2.24, 2.45) is 4.36 Å². The smallest absolute Gasteiger partial charge is 0.130 e. The third kappa shape index (κ3) is 5.03. The second-order valence-electron chi connectivity index (χ2n) is 6.01. The van der Waals surface area contributed by atoms with Gasteiger partial charge in [-0.2, -0.15) is 0 Å². The molecule has 2 aromatic rings. The fourth-order valence-corrected chi connectivity index (χ4v) is 5.00. The Hall–Kier alpha value is -1.95. The first-order valence-electron chi connectivity index (χ1n) is 8.52. The Morgan fingerprint density at radius 2 is 1.88 bits per heavy atom. The number of rotatable bonds is 7. The van der Waals surface area contributed by atoms with Gasteiger partial charge in [-0.05, 0) is 30.9 Å². The minimum absolute atomic E-state index is 0.572. The number of nitrogens with zero attached hydrogens (tertiary/aromatic N) is 3. The summed E-state index contributed by atoms with van der Waals surface area (Å²) in [5.41, 5.74) is 1.29. The maximum absolute atomic E-state index is 12.3. The second-order valence-corrected chi connectivity index (χ2v) is 8.63. The van der Waals surface area contributed by atoms with Crippen LogP contribution in [0.1, 0.15) is 24.2 Å². The monoisotopic (exact) mass is 344 g/mol. The molecule has 0 bridgehead atoms. The van der Waals surface area contributed by atoms with Crippen molar-refractivity contribution in [1.29, 1.82) is 0 Å². The van der Waals surface area contributed by atoms with Crippen molar-refractivity contribution < 1.29 is 4.21 Å². The lowest BCUT2D eigenvalue weighted by molar-refractivity contribution is 0.679. The van der Waals surface area contributed by atoms with E-state index in [1.54, 1.807) is 6.20 Å². The molecule has 1 fully saturated rings. The molecule has 0 saturated carbocycles. The van der Waals surface area contributed by atoms with Crippen LogP contribution in [0.2, 0.25) is 0 Å². The Morgan fingerprint density at radius 1 is 1.08 bits per heavy atom. The molecule has 0 spiro atoms. The summed E-state index contributed by atoms with van der Waals surface area (Å²) in [5, 5.41) is 3.25. The van der Waals surface area contributed by atoms with Gasteiger partial charge in [0.25, 0.3) is 0 Å². The number of aromatic nitrogens is 2. The normalized spacial score (nSPS) is 16.0. The molecule has 0 aliphatic carbocycles. The molecular formula is C18H24N4OS. The molecule has 0 radical (unpaired) electrons. The first-order chi connectivity index (χ1) is 11.7. The highest BCUT2D eigenvalue weighted by atomic mass is 32.2. The summed E-state index contributed by atoms with van der Waals surface area (Å²) in [4.78, 5) is 8.88. The third-order valence-corrected chi connectivity index (χ3v) is 6.61. The standard InChI is InChI=1S/C18H24N4OS/c23-24(14-4-5-15-24)21-13-12-20-18-10-11-19-17(22-18)9-8-16-6-2-1-3-7-16/h1-3,6-7,10-11H,4-5,8-9,12-15H2,(H,19,20,22). The van der Waals surface area contributed by atoms with Crippen molar-refractivity contribution in [3.8, 4) is 0 Å². The Bertz CT molecular complexity index is 758. The van der Waals surface area contributed by atoms with E-state index < -0.39 is 9.73 Å². The van der Waals surface area contributed by atoms with Crippen LogP contribution in [0.5, 0.6) is 0 Å². The van der Waals surface area contributed by atoms with E-state index in [9.17, 15) is 4.21 Å². The highest BCUT2D eigenvalue weighted by molar-refractivity contribution is 7.93. The second kappa shape index (κ2) is 8.24. The van der Waals surface area contributed by atoms with Crippen molar-refractivity contribution in [2.45, 2.75) is 25.7 Å². The van der Waals surface area contributed by atoms with E-state index in [2.05, 4.69) is 31.8 Å². The molecule has 2 heterocycles. The molecule has 5 nitrogen and oxygen atoms in total. The Labute approximate surface area is 144 Å². The number of aryl methyl sites for hydroxylation is 2. The van der Waals surface area contributed by atoms with Gasteiger partial charge in [0.2, 0.25) is 0 Å². The van der Waals surface area contributed by atoms with Crippen molar-refractivity contribution in [2.75, 3.05) is 29.9 Å². The van der Waals surface area contributed by atoms with Crippen LogP contribution in [0.25, 0.3) is 0 Å². The van der Waals surface area contributed by atoms with Gasteiger partial charge in [-0.1, -0.05) is 30.3 Å². The van der Waals surface area contributed by atoms with Gasteiger partial charge >= 0.3 is 0 Å². The van der Waals surface area contributed by atoms with Crippen LogP contribution in [0.15, 0.2) is 47.0 Å². The lowest BCUT2D eigenvalue weighted by Crippen LogP contribution is -2.10. The molecular weight excluding hydrogens is 320 g/mol. The zero-order valence-electron chi connectivity index (χ0n) is 13.9. The van der Waals surface area contributed by atoms with Crippen LogP contribution < -0.4 is 5.32 Å². The molecule has 0 unspecified atom stereocenters. The predicted octanol–water partition coefficient (Wildman–Crippen LogP) is 2.94. The number of benzene rings is 1. The summed E-state index contributed by atoms with van der Waals surface area (Å²) in [6.45, 7) is 1.23. The highest BCUT2D eigenvalue weighted by Crippen LogP contribution is 2.13. The van der Waals surface area contributed by atoms with E-state index in [0.717, 1.165) is 48.8 Å². The molecule has 128 valence electrons. The maximum Gasteiger partial charge on any atom is 0.130 e. The highest BCUT2D eigenvalue weighted by Gasteiger charge is 2.15. The molecule has 1 aliphatic heterocycles. The lowest BCUT2D eigenvalue weighted by Gasteiger charge is -2.06. The summed E-state index contributed by atoms with van der Waals surface area (Å²) in [7, 11) is -1.90. The van der Waals surface area contributed by atoms with Crippen LogP contribution in [-0.4, -0.2) is 38.8 Å². The minimum atomic E-state index is -1.90. The van der Waals surface area contributed by atoms with Gasteiger partial charge in [0.15, 0.2) is 0 Å². The van der Waals surface area contributed by atoms with Crippen LogP contribution in [0.4, 0.5) is 5.82 Å². The van der Waals surface area contributed by atoms with Gasteiger partial charge in [-0.25, -0.2) is 18.5 Å². The maximum atomic E-state index is 12.3. The van der Waals surface area contributed by atoms with E-state index in [1.807, 2.05) is 24.3 Å². The Kier molecular flexibility index (Phi) is 5.80. The number of hydrogen-bond donors (Lipinski definition) is 1. The molecule has 1 aromatic heterocycles. The molecule has 1 aliphatic rings. The molecule has 6 heteroatoms. The molecule has 0 amide bonds. The average Bonchev–Trinajstić information content (AvgIpc) is 3.05. The summed E-state index contributed by atoms with van der Waals surface area (Å²) in [6.07, 6.45) is 5.63. The fourth-order valence-electron chi connectivity index (χ4n) is 2.80. The SMILES string of the molecule is O=S1(=NCCNc2ccnc(CCc3ccccc3)n2)CCCC1. The number of hydrogen-bond acceptors (Lipinski definition) is 5. The van der Waals surface area contributed by atoms with Crippen LogP contribution >= 0.6 is 0 Å². The van der Waals surface area contributed by atoms with E-state index >= 15 is 0 Å². The van der Waals surface area contributed by atoms with Crippen LogP contribution in [0.3, 0.4) is 0 Å². The van der Waals surface area contributed by atoms with Gasteiger partial charge in [0, 0.05) is 40.4 Å². The van der Waals surface area contributed by atoms with Gasteiger partial charge in [0.1, 0.15) is 11.6 Å². The summed E-state index contributed by atoms with van der Waals surface area (Å²) < 4.78 is 16.6. The number of nitrogens with one attached hydrogen (secondary N) is 1. The van der Waals surface area contributed by atoms with Crippen molar-refractivity contribution >= 4 is 15.5 Å². The average molecular weight is 344 g/mol. The quantitative estimate of drug-likeness (QED) is 0.784. The molecule has 1 saturated heterocycles. The minimum Gasteiger partial charge on any atom is -0.368 e. The Morgan fingerprint density at radius 3 is 2.67 bits per heavy atom. The molecule has 3 rings (SSSR count). The third-order valence-electron chi connectivity index (χ3n) is 4.11. The van der Waals surface area contributed by atoms with Crippen molar-refractivity contribution in [3.05, 3.63) is 54.0 Å². The van der Waals surface area contributed by atoms with Crippen molar-refractivity contribution in [3.63, 3.8) is 0 Å². The largest absolute Gasteiger partial charge is 0.368 e. The van der Waals surface area contributed by atoms with Gasteiger partial charge in [-0.15, -0.1) is 0 Å². The molecule has 1 N–H and O–H groups in total. The summed E-state index contributed by atoms with van der Waals surface area (Å²) >= 11 is 0. The molecule has 1 aromatic carbocycles. The zero-order chi connectivity index (χ0) is 16.7. The topological polar surface area (TPSA) is 67.2 Å². The van der Waals surface area contributed by atoms with Crippen molar-refractivity contribution in [1.82, 2.24) is 9.97 Å². The molecule has 0 atom stereocenters. The van der Waals surface area contributed by atoms with Crippen LogP contribution in [-0.2, 0) is 22.6 Å².